The van der Waals surface area contributed by atoms with Gasteiger partial charge in [-0.15, -0.1) is 0 Å². The lowest BCUT2D eigenvalue weighted by atomic mass is 10.1. The number of methoxy groups -OCH3 is 1. The Kier molecular flexibility index (Phi) is 10.7. The Morgan fingerprint density at radius 2 is 1.56 bits per heavy atom. The fourth-order valence-electron chi connectivity index (χ4n) is 4.73. The molecule has 218 valence electrons. The highest BCUT2D eigenvalue weighted by atomic mass is 35.5. The number of carbonyl (C=O) groups excluding carboxylic acids is 2. The average Bonchev–Trinajstić information content (AvgIpc) is 2.99. The number of para-hydroxylation sites is 2. The minimum Gasteiger partial charge on any atom is -0.495 e. The van der Waals surface area contributed by atoms with Crippen LogP contribution in [0, 0.1) is 6.92 Å². The highest BCUT2D eigenvalue weighted by molar-refractivity contribution is 6.31. The molecule has 0 unspecified atom stereocenters. The van der Waals surface area contributed by atoms with Crippen LogP contribution in [0.1, 0.15) is 29.3 Å². The van der Waals surface area contributed by atoms with E-state index in [1.807, 2.05) is 50.2 Å². The molecule has 3 aromatic carbocycles. The summed E-state index contributed by atoms with van der Waals surface area (Å²) in [5.41, 5.74) is 4.40. The lowest BCUT2D eigenvalue weighted by molar-refractivity contribution is 0.0944. The average molecular weight is 580 g/mol. The number of amides is 3. The van der Waals surface area contributed by atoms with Gasteiger partial charge in [0.05, 0.1) is 18.4 Å². The first-order valence-electron chi connectivity index (χ1n) is 13.9. The first-order valence-corrected chi connectivity index (χ1v) is 14.2. The number of nitrogens with zero attached hydrogens (tertiary/aromatic N) is 2. The Hall–Kier alpha value is -3.95. The molecule has 0 atom stereocenters. The van der Waals surface area contributed by atoms with Crippen molar-refractivity contribution in [3.63, 3.8) is 0 Å². The number of hydrogen-bond acceptors (Lipinski definition) is 6. The fraction of sp³-hybridized carbons (Fsp3) is 0.355. The van der Waals surface area contributed by atoms with Crippen LogP contribution >= 0.6 is 11.6 Å². The number of nitrogens with one attached hydrogen (secondary N) is 3. The highest BCUT2D eigenvalue weighted by Crippen LogP contribution is 2.31. The summed E-state index contributed by atoms with van der Waals surface area (Å²) in [5, 5.41) is 9.21. The van der Waals surface area contributed by atoms with Gasteiger partial charge in [-0.2, -0.15) is 0 Å². The molecule has 0 aromatic heterocycles. The van der Waals surface area contributed by atoms with Gasteiger partial charge in [0, 0.05) is 68.0 Å². The second-order valence-electron chi connectivity index (χ2n) is 9.73. The van der Waals surface area contributed by atoms with Gasteiger partial charge in [-0.05, 0) is 68.3 Å². The molecule has 0 bridgehead atoms. The molecule has 3 N–H and O–H groups in total. The maximum absolute atomic E-state index is 13.4. The van der Waals surface area contributed by atoms with Gasteiger partial charge in [-0.3, -0.25) is 4.79 Å². The van der Waals surface area contributed by atoms with E-state index in [1.165, 1.54) is 0 Å². The highest BCUT2D eigenvalue weighted by Gasteiger charge is 2.24. The third-order valence-electron chi connectivity index (χ3n) is 6.93. The van der Waals surface area contributed by atoms with Crippen molar-refractivity contribution < 1.29 is 19.1 Å². The number of carbonyl (C=O) groups is 2. The monoisotopic (exact) mass is 579 g/mol. The van der Waals surface area contributed by atoms with Crippen LogP contribution in [0.15, 0.2) is 60.7 Å². The lowest BCUT2D eigenvalue weighted by Gasteiger charge is -2.38. The molecule has 4 rings (SSSR count). The van der Waals surface area contributed by atoms with E-state index in [4.69, 9.17) is 21.1 Å². The van der Waals surface area contributed by atoms with Gasteiger partial charge < -0.3 is 35.2 Å². The first kappa shape index (κ1) is 30.0. The first-order chi connectivity index (χ1) is 19.9. The van der Waals surface area contributed by atoms with Crippen molar-refractivity contribution in [2.45, 2.75) is 20.3 Å². The van der Waals surface area contributed by atoms with Gasteiger partial charge in [0.2, 0.25) is 0 Å². The van der Waals surface area contributed by atoms with Crippen LogP contribution in [-0.2, 0) is 4.74 Å². The summed E-state index contributed by atoms with van der Waals surface area (Å²) in [6, 6.07) is 18.3. The number of urea groups is 1. The number of halogens is 1. The zero-order valence-electron chi connectivity index (χ0n) is 23.8. The van der Waals surface area contributed by atoms with Crippen molar-refractivity contribution in [3.8, 4) is 5.75 Å². The second-order valence-corrected chi connectivity index (χ2v) is 10.1. The quantitative estimate of drug-likeness (QED) is 0.249. The van der Waals surface area contributed by atoms with E-state index < -0.39 is 6.03 Å². The van der Waals surface area contributed by atoms with Crippen LogP contribution in [-0.4, -0.2) is 65.0 Å². The minimum atomic E-state index is -0.425. The van der Waals surface area contributed by atoms with E-state index in [-0.39, 0.29) is 5.91 Å². The van der Waals surface area contributed by atoms with Crippen LogP contribution in [0.5, 0.6) is 5.75 Å². The Bertz CT molecular complexity index is 1340. The Balaban J connectivity index is 1.48. The number of piperazine rings is 1. The zero-order chi connectivity index (χ0) is 29.2. The molecule has 0 saturated carbocycles. The number of hydrogen-bond donors (Lipinski definition) is 3. The standard InChI is InChI=1S/C31H38ClN5O4/c1-4-41-19-7-14-33-30(38)25-20-23(34-31(39)35-24-11-10-22(2)26(32)21-24)12-13-27(25)36-15-17-37(18-16-36)28-8-5-6-9-29(28)40-3/h5-6,8-13,20-21H,4,7,14-19H2,1-3H3,(H,33,38)(H2,34,35,39). The van der Waals surface area contributed by atoms with Crippen LogP contribution < -0.4 is 30.5 Å². The van der Waals surface area contributed by atoms with Gasteiger partial charge in [0.15, 0.2) is 0 Å². The Labute approximate surface area is 246 Å². The minimum absolute atomic E-state index is 0.196. The molecule has 1 saturated heterocycles. The molecule has 3 aromatic rings. The van der Waals surface area contributed by atoms with E-state index in [9.17, 15) is 9.59 Å². The SMILES string of the molecule is CCOCCCNC(=O)c1cc(NC(=O)Nc2ccc(C)c(Cl)c2)ccc1N1CCN(c2ccccc2OC)CC1. The number of rotatable bonds is 11. The van der Waals surface area contributed by atoms with Gasteiger partial charge in [0.1, 0.15) is 5.75 Å². The molecular weight excluding hydrogens is 542 g/mol. The lowest BCUT2D eigenvalue weighted by Crippen LogP contribution is -2.47. The van der Waals surface area contributed by atoms with Crippen LogP contribution in [0.25, 0.3) is 0 Å². The molecule has 1 fully saturated rings. The molecule has 41 heavy (non-hydrogen) atoms. The number of benzene rings is 3. The number of anilines is 4. The number of aryl methyl sites for hydroxylation is 1. The molecule has 0 radical (unpaired) electrons. The van der Waals surface area contributed by atoms with E-state index >= 15 is 0 Å². The molecule has 3 amide bonds. The Morgan fingerprint density at radius 3 is 2.24 bits per heavy atom. The third kappa shape index (κ3) is 8.05. The zero-order valence-corrected chi connectivity index (χ0v) is 24.6. The summed E-state index contributed by atoms with van der Waals surface area (Å²) < 4.78 is 10.9. The molecule has 0 aliphatic carbocycles. The van der Waals surface area contributed by atoms with Crippen molar-refractivity contribution in [1.82, 2.24) is 5.32 Å². The molecule has 1 aliphatic heterocycles. The molecule has 9 nitrogen and oxygen atoms in total. The maximum Gasteiger partial charge on any atom is 0.323 e. The van der Waals surface area contributed by atoms with Gasteiger partial charge in [-0.1, -0.05) is 29.8 Å². The summed E-state index contributed by atoms with van der Waals surface area (Å²) in [6.45, 7) is 8.56. The van der Waals surface area contributed by atoms with Crippen LogP contribution in [0.2, 0.25) is 5.02 Å². The van der Waals surface area contributed by atoms with Gasteiger partial charge >= 0.3 is 6.03 Å². The molecule has 1 heterocycles. The summed E-state index contributed by atoms with van der Waals surface area (Å²) in [6.07, 6.45) is 0.714. The van der Waals surface area contributed by atoms with E-state index in [1.54, 1.807) is 25.3 Å². The predicted molar refractivity (Wildman–Crippen MR) is 166 cm³/mol. The van der Waals surface area contributed by atoms with Crippen molar-refractivity contribution >= 4 is 46.3 Å². The van der Waals surface area contributed by atoms with E-state index in [0.717, 1.165) is 48.9 Å². The van der Waals surface area contributed by atoms with Gasteiger partial charge in [-0.25, -0.2) is 4.79 Å². The molecule has 1 aliphatic rings. The predicted octanol–water partition coefficient (Wildman–Crippen LogP) is 5.78. The second kappa shape index (κ2) is 14.6. The Morgan fingerprint density at radius 1 is 0.902 bits per heavy atom. The van der Waals surface area contributed by atoms with Crippen molar-refractivity contribution in [1.29, 1.82) is 0 Å². The summed E-state index contributed by atoms with van der Waals surface area (Å²) in [7, 11) is 1.68. The van der Waals surface area contributed by atoms with Crippen LogP contribution in [0.3, 0.4) is 0 Å². The smallest absolute Gasteiger partial charge is 0.323 e. The van der Waals surface area contributed by atoms with Crippen molar-refractivity contribution in [3.05, 3.63) is 76.8 Å². The molecule has 0 spiro atoms. The number of ether oxygens (including phenoxy) is 2. The summed E-state index contributed by atoms with van der Waals surface area (Å²) in [4.78, 5) is 30.6. The van der Waals surface area contributed by atoms with Crippen LogP contribution in [0.4, 0.5) is 27.5 Å². The topological polar surface area (TPSA) is 95.2 Å². The van der Waals surface area contributed by atoms with E-state index in [2.05, 4.69) is 31.8 Å². The third-order valence-corrected chi connectivity index (χ3v) is 7.34. The summed E-state index contributed by atoms with van der Waals surface area (Å²) in [5.74, 6) is 0.646. The fourth-order valence-corrected chi connectivity index (χ4v) is 4.91. The molecular formula is C31H38ClN5O4. The van der Waals surface area contributed by atoms with Crippen molar-refractivity contribution in [2.75, 3.05) is 73.5 Å². The van der Waals surface area contributed by atoms with E-state index in [0.29, 0.717) is 48.1 Å². The largest absolute Gasteiger partial charge is 0.495 e. The normalized spacial score (nSPS) is 13.1. The molecule has 10 heteroatoms. The van der Waals surface area contributed by atoms with Gasteiger partial charge in [0.25, 0.3) is 5.91 Å². The summed E-state index contributed by atoms with van der Waals surface area (Å²) >= 11 is 6.20. The van der Waals surface area contributed by atoms with Crippen molar-refractivity contribution in [2.24, 2.45) is 0 Å². The maximum atomic E-state index is 13.4.